The van der Waals surface area contributed by atoms with Gasteiger partial charge in [-0.2, -0.15) is 0 Å². The van der Waals surface area contributed by atoms with Crippen molar-refractivity contribution in [1.82, 2.24) is 0 Å². The summed E-state index contributed by atoms with van der Waals surface area (Å²) in [5.74, 6) is 0. The van der Waals surface area contributed by atoms with Crippen LogP contribution in [0.2, 0.25) is 0 Å². The van der Waals surface area contributed by atoms with Crippen molar-refractivity contribution in [3.05, 3.63) is 60.7 Å². The molecule has 0 unspecified atom stereocenters. The van der Waals surface area contributed by atoms with E-state index in [1.807, 2.05) is 60.7 Å². The summed E-state index contributed by atoms with van der Waals surface area (Å²) >= 11 is -1.78. The predicted octanol–water partition coefficient (Wildman–Crippen LogP) is 0.785. The maximum atomic E-state index is 10.1. The van der Waals surface area contributed by atoms with Crippen LogP contribution in [0.25, 0.3) is 0 Å². The second-order valence-electron chi connectivity index (χ2n) is 2.91. The Morgan fingerprint density at radius 1 is 0.643 bits per heavy atom. The molecule has 14 heavy (non-hydrogen) atoms. The summed E-state index contributed by atoms with van der Waals surface area (Å²) < 4.78 is 12.2. The molecule has 2 aromatic rings. The average molecular weight is 250 g/mol. The third kappa shape index (κ3) is 2.05. The van der Waals surface area contributed by atoms with Gasteiger partial charge in [-0.15, -0.1) is 0 Å². The topological polar surface area (TPSA) is 20.2 Å². The first-order valence-corrected chi connectivity index (χ1v) is 6.89. The van der Waals surface area contributed by atoms with Gasteiger partial charge in [-0.3, -0.25) is 0 Å². The van der Waals surface area contributed by atoms with Crippen molar-refractivity contribution >= 4 is 23.2 Å². The normalized spacial score (nSPS) is 10.4. The summed E-state index contributed by atoms with van der Waals surface area (Å²) in [7, 11) is 0. The van der Waals surface area contributed by atoms with Crippen LogP contribution in [0.4, 0.5) is 0 Å². The standard InChI is InChI=1S/C12H11OSe/c13-14(11-7-3-1-4-8-11)12-9-5-2-6-10-12/h1-10,13H. The summed E-state index contributed by atoms with van der Waals surface area (Å²) in [5, 5.41) is 0. The zero-order valence-electron chi connectivity index (χ0n) is 7.63. The second-order valence-corrected chi connectivity index (χ2v) is 6.08. The van der Waals surface area contributed by atoms with E-state index in [0.29, 0.717) is 0 Å². The summed E-state index contributed by atoms with van der Waals surface area (Å²) in [6.07, 6.45) is 0. The first kappa shape index (κ1) is 9.47. The predicted molar refractivity (Wildman–Crippen MR) is 60.1 cm³/mol. The van der Waals surface area contributed by atoms with Crippen LogP contribution in [-0.4, -0.2) is 18.4 Å². The first-order valence-electron chi connectivity index (χ1n) is 4.41. The zero-order valence-corrected chi connectivity index (χ0v) is 9.34. The Balaban J connectivity index is 2.30. The van der Waals surface area contributed by atoms with Crippen molar-refractivity contribution in [2.75, 3.05) is 0 Å². The number of rotatable bonds is 2. The molecular formula is C12H11OSe. The van der Waals surface area contributed by atoms with Crippen molar-refractivity contribution in [1.29, 1.82) is 0 Å². The molecule has 0 amide bonds. The van der Waals surface area contributed by atoms with Crippen molar-refractivity contribution < 1.29 is 4.19 Å². The van der Waals surface area contributed by atoms with E-state index in [1.165, 1.54) is 0 Å². The molecule has 2 heteroatoms. The van der Waals surface area contributed by atoms with Crippen molar-refractivity contribution in [2.24, 2.45) is 0 Å². The molecule has 2 aromatic carbocycles. The van der Waals surface area contributed by atoms with E-state index >= 15 is 0 Å². The summed E-state index contributed by atoms with van der Waals surface area (Å²) in [4.78, 5) is 0. The molecule has 1 nitrogen and oxygen atoms in total. The van der Waals surface area contributed by atoms with Gasteiger partial charge in [0.25, 0.3) is 0 Å². The van der Waals surface area contributed by atoms with Crippen LogP contribution in [0.15, 0.2) is 60.7 Å². The van der Waals surface area contributed by atoms with Crippen LogP contribution >= 0.6 is 0 Å². The molecule has 0 saturated carbocycles. The molecule has 0 atom stereocenters. The molecule has 0 spiro atoms. The number of hydrogen-bond donors (Lipinski definition) is 1. The van der Waals surface area contributed by atoms with Gasteiger partial charge in [0.2, 0.25) is 0 Å². The fourth-order valence-electron chi connectivity index (χ4n) is 1.23. The second kappa shape index (κ2) is 4.43. The van der Waals surface area contributed by atoms with Crippen LogP contribution in [0.1, 0.15) is 0 Å². The van der Waals surface area contributed by atoms with E-state index in [0.717, 1.165) is 8.92 Å². The minimum atomic E-state index is -1.78. The van der Waals surface area contributed by atoms with Gasteiger partial charge in [-0.05, 0) is 0 Å². The van der Waals surface area contributed by atoms with Crippen molar-refractivity contribution in [2.45, 2.75) is 0 Å². The quantitative estimate of drug-likeness (QED) is 0.781. The van der Waals surface area contributed by atoms with Gasteiger partial charge in [0, 0.05) is 0 Å². The molecule has 71 valence electrons. The van der Waals surface area contributed by atoms with E-state index in [1.54, 1.807) is 0 Å². The van der Waals surface area contributed by atoms with Crippen LogP contribution < -0.4 is 8.92 Å². The van der Waals surface area contributed by atoms with E-state index in [9.17, 15) is 4.19 Å². The van der Waals surface area contributed by atoms with Crippen LogP contribution in [-0.2, 0) is 0 Å². The Kier molecular flexibility index (Phi) is 2.99. The third-order valence-corrected chi connectivity index (χ3v) is 4.95. The van der Waals surface area contributed by atoms with Crippen molar-refractivity contribution in [3.63, 3.8) is 0 Å². The van der Waals surface area contributed by atoms with E-state index in [2.05, 4.69) is 0 Å². The van der Waals surface area contributed by atoms with Gasteiger partial charge in [-0.25, -0.2) is 0 Å². The SMILES string of the molecule is O[Se](c1ccccc1)c1ccccc1. The summed E-state index contributed by atoms with van der Waals surface area (Å²) in [5.41, 5.74) is 0. The Bertz CT molecular complexity index is 346. The van der Waals surface area contributed by atoms with E-state index in [4.69, 9.17) is 0 Å². The molecule has 0 aliphatic carbocycles. The molecule has 0 fully saturated rings. The summed E-state index contributed by atoms with van der Waals surface area (Å²) in [6.45, 7) is 0. The molecule has 0 aliphatic heterocycles. The molecule has 1 N–H and O–H groups in total. The van der Waals surface area contributed by atoms with Crippen LogP contribution in [0.3, 0.4) is 0 Å². The van der Waals surface area contributed by atoms with Crippen LogP contribution in [0.5, 0.6) is 0 Å². The van der Waals surface area contributed by atoms with E-state index < -0.39 is 14.2 Å². The average Bonchev–Trinajstić information content (AvgIpc) is 2.30. The molecule has 1 radical (unpaired) electrons. The molecule has 0 saturated heterocycles. The fraction of sp³-hybridized carbons (Fsp3) is 0. The van der Waals surface area contributed by atoms with Gasteiger partial charge in [0.15, 0.2) is 0 Å². The first-order chi connectivity index (χ1) is 6.88. The van der Waals surface area contributed by atoms with E-state index in [-0.39, 0.29) is 0 Å². The van der Waals surface area contributed by atoms with Gasteiger partial charge in [0.05, 0.1) is 0 Å². The third-order valence-electron chi connectivity index (χ3n) is 1.93. The minimum absolute atomic E-state index is 1.05. The molecular weight excluding hydrogens is 239 g/mol. The van der Waals surface area contributed by atoms with Gasteiger partial charge < -0.3 is 0 Å². The molecule has 0 heterocycles. The van der Waals surface area contributed by atoms with Gasteiger partial charge in [0.1, 0.15) is 0 Å². The number of hydrogen-bond acceptors (Lipinski definition) is 1. The fourth-order valence-corrected chi connectivity index (χ4v) is 3.55. The van der Waals surface area contributed by atoms with Gasteiger partial charge in [-0.1, -0.05) is 0 Å². The molecule has 0 aliphatic rings. The van der Waals surface area contributed by atoms with Crippen molar-refractivity contribution in [3.8, 4) is 0 Å². The van der Waals surface area contributed by atoms with Gasteiger partial charge >= 0.3 is 88.0 Å². The maximum absolute atomic E-state index is 10.1. The monoisotopic (exact) mass is 251 g/mol. The zero-order chi connectivity index (χ0) is 9.80. The Morgan fingerprint density at radius 3 is 1.36 bits per heavy atom. The van der Waals surface area contributed by atoms with Crippen LogP contribution in [0, 0.1) is 0 Å². The molecule has 0 aromatic heterocycles. The Labute approximate surface area is 88.2 Å². The summed E-state index contributed by atoms with van der Waals surface area (Å²) in [6, 6.07) is 19.7. The Hall–Kier alpha value is -1.08. The molecule has 0 bridgehead atoms. The molecule has 2 rings (SSSR count). The number of benzene rings is 2. The Morgan fingerprint density at radius 2 is 1.00 bits per heavy atom.